The van der Waals surface area contributed by atoms with Gasteiger partial charge < -0.3 is 5.73 Å². The zero-order valence-electron chi connectivity index (χ0n) is 9.20. The summed E-state index contributed by atoms with van der Waals surface area (Å²) >= 11 is 3.26. The van der Waals surface area contributed by atoms with Crippen LogP contribution in [0.4, 0.5) is 0 Å². The third kappa shape index (κ3) is 3.28. The topological polar surface area (TPSA) is 72.2 Å². The standard InChI is InChI=1S/C10H15BrN2O2S/c1-7-3-4-9(11)5-10(7)16(14,15)13-8(2)6-12/h3-5,8,13H,6,12H2,1-2H3. The van der Waals surface area contributed by atoms with Gasteiger partial charge >= 0.3 is 0 Å². The van der Waals surface area contributed by atoms with E-state index in [1.54, 1.807) is 32.0 Å². The molecule has 0 bridgehead atoms. The van der Waals surface area contributed by atoms with Crippen molar-refractivity contribution in [3.05, 3.63) is 28.2 Å². The van der Waals surface area contributed by atoms with E-state index < -0.39 is 10.0 Å². The second-order valence-corrected chi connectivity index (χ2v) is 6.27. The number of aryl methyl sites for hydroxylation is 1. The van der Waals surface area contributed by atoms with E-state index in [9.17, 15) is 8.42 Å². The minimum Gasteiger partial charge on any atom is -0.329 e. The Hall–Kier alpha value is -0.430. The van der Waals surface area contributed by atoms with E-state index in [4.69, 9.17) is 5.73 Å². The van der Waals surface area contributed by atoms with Gasteiger partial charge in [0.1, 0.15) is 0 Å². The maximum Gasteiger partial charge on any atom is 0.241 e. The predicted molar refractivity (Wildman–Crippen MR) is 67.7 cm³/mol. The molecule has 0 aliphatic carbocycles. The van der Waals surface area contributed by atoms with Crippen LogP contribution in [0.15, 0.2) is 27.6 Å². The molecule has 0 aliphatic rings. The molecular formula is C10H15BrN2O2S. The zero-order valence-corrected chi connectivity index (χ0v) is 11.6. The number of benzene rings is 1. The molecular weight excluding hydrogens is 292 g/mol. The molecule has 1 unspecified atom stereocenters. The fraction of sp³-hybridized carbons (Fsp3) is 0.400. The molecule has 0 heterocycles. The minimum atomic E-state index is -3.48. The molecule has 0 saturated carbocycles. The molecule has 0 amide bonds. The normalized spacial score (nSPS) is 13.8. The lowest BCUT2D eigenvalue weighted by atomic mass is 10.2. The Morgan fingerprint density at radius 2 is 2.12 bits per heavy atom. The van der Waals surface area contributed by atoms with Crippen molar-refractivity contribution in [2.75, 3.05) is 6.54 Å². The number of hydrogen-bond donors (Lipinski definition) is 2. The van der Waals surface area contributed by atoms with Gasteiger partial charge in [-0.3, -0.25) is 0 Å². The first kappa shape index (κ1) is 13.6. The van der Waals surface area contributed by atoms with E-state index in [1.165, 1.54) is 0 Å². The summed E-state index contributed by atoms with van der Waals surface area (Å²) in [6.45, 7) is 3.76. The van der Waals surface area contributed by atoms with Gasteiger partial charge in [-0.15, -0.1) is 0 Å². The molecule has 4 nitrogen and oxygen atoms in total. The van der Waals surface area contributed by atoms with E-state index in [0.717, 1.165) is 4.47 Å². The fourth-order valence-electron chi connectivity index (χ4n) is 1.24. The van der Waals surface area contributed by atoms with Crippen LogP contribution in [0.5, 0.6) is 0 Å². The van der Waals surface area contributed by atoms with Crippen molar-refractivity contribution in [2.24, 2.45) is 5.73 Å². The lowest BCUT2D eigenvalue weighted by Crippen LogP contribution is -2.38. The molecule has 0 spiro atoms. The van der Waals surface area contributed by atoms with Crippen molar-refractivity contribution < 1.29 is 8.42 Å². The van der Waals surface area contributed by atoms with Crippen molar-refractivity contribution in [1.82, 2.24) is 4.72 Å². The minimum absolute atomic E-state index is 0.270. The summed E-state index contributed by atoms with van der Waals surface area (Å²) in [5, 5.41) is 0. The lowest BCUT2D eigenvalue weighted by Gasteiger charge is -2.13. The first-order valence-electron chi connectivity index (χ1n) is 4.85. The Labute approximate surface area is 104 Å². The van der Waals surface area contributed by atoms with Crippen LogP contribution >= 0.6 is 15.9 Å². The summed E-state index contributed by atoms with van der Waals surface area (Å²) in [5.74, 6) is 0. The van der Waals surface area contributed by atoms with Gasteiger partial charge in [-0.2, -0.15) is 0 Å². The average molecular weight is 307 g/mol. The number of halogens is 1. The summed E-state index contributed by atoms with van der Waals surface area (Å²) < 4.78 is 27.2. The van der Waals surface area contributed by atoms with Gasteiger partial charge in [0, 0.05) is 17.1 Å². The van der Waals surface area contributed by atoms with Gasteiger partial charge in [0.2, 0.25) is 10.0 Å². The Bertz CT molecular complexity index is 474. The van der Waals surface area contributed by atoms with E-state index in [0.29, 0.717) is 5.56 Å². The summed E-state index contributed by atoms with van der Waals surface area (Å²) in [5.41, 5.74) is 6.10. The molecule has 1 rings (SSSR count). The molecule has 0 aromatic heterocycles. The highest BCUT2D eigenvalue weighted by Gasteiger charge is 2.18. The van der Waals surface area contributed by atoms with Crippen molar-refractivity contribution in [3.8, 4) is 0 Å². The Balaban J connectivity index is 3.12. The zero-order chi connectivity index (χ0) is 12.3. The van der Waals surface area contributed by atoms with Crippen LogP contribution in [0.2, 0.25) is 0 Å². The molecule has 0 aliphatic heterocycles. The Morgan fingerprint density at radius 3 is 2.69 bits per heavy atom. The van der Waals surface area contributed by atoms with E-state index in [2.05, 4.69) is 20.7 Å². The van der Waals surface area contributed by atoms with Crippen LogP contribution < -0.4 is 10.5 Å². The fourth-order valence-corrected chi connectivity index (χ4v) is 3.28. The summed E-state index contributed by atoms with van der Waals surface area (Å²) in [4.78, 5) is 0.280. The van der Waals surface area contributed by atoms with Gasteiger partial charge in [0.05, 0.1) is 4.90 Å². The maximum atomic E-state index is 12.0. The smallest absolute Gasteiger partial charge is 0.241 e. The number of nitrogens with two attached hydrogens (primary N) is 1. The second-order valence-electron chi connectivity index (χ2n) is 3.67. The lowest BCUT2D eigenvalue weighted by molar-refractivity contribution is 0.562. The molecule has 1 atom stereocenters. The average Bonchev–Trinajstić information content (AvgIpc) is 2.20. The number of sulfonamides is 1. The van der Waals surface area contributed by atoms with Crippen molar-refractivity contribution in [3.63, 3.8) is 0 Å². The molecule has 0 fully saturated rings. The third-order valence-electron chi connectivity index (χ3n) is 2.15. The van der Waals surface area contributed by atoms with Crippen LogP contribution in [-0.2, 0) is 10.0 Å². The number of nitrogens with one attached hydrogen (secondary N) is 1. The SMILES string of the molecule is Cc1ccc(Br)cc1S(=O)(=O)NC(C)CN. The third-order valence-corrected chi connectivity index (χ3v) is 4.37. The molecule has 0 saturated heterocycles. The van der Waals surface area contributed by atoms with E-state index in [1.807, 2.05) is 0 Å². The maximum absolute atomic E-state index is 12.0. The van der Waals surface area contributed by atoms with Crippen molar-refractivity contribution in [2.45, 2.75) is 24.8 Å². The van der Waals surface area contributed by atoms with Gasteiger partial charge in [-0.05, 0) is 31.5 Å². The highest BCUT2D eigenvalue weighted by atomic mass is 79.9. The van der Waals surface area contributed by atoms with E-state index in [-0.39, 0.29) is 17.5 Å². The molecule has 16 heavy (non-hydrogen) atoms. The van der Waals surface area contributed by atoms with Crippen molar-refractivity contribution in [1.29, 1.82) is 0 Å². The second kappa shape index (κ2) is 5.27. The highest BCUT2D eigenvalue weighted by molar-refractivity contribution is 9.10. The Kier molecular flexibility index (Phi) is 4.49. The van der Waals surface area contributed by atoms with Gasteiger partial charge in [-0.1, -0.05) is 22.0 Å². The van der Waals surface area contributed by atoms with Gasteiger partial charge in [-0.25, -0.2) is 13.1 Å². The monoisotopic (exact) mass is 306 g/mol. The van der Waals surface area contributed by atoms with Crippen LogP contribution in [0.25, 0.3) is 0 Å². The van der Waals surface area contributed by atoms with Gasteiger partial charge in [0.15, 0.2) is 0 Å². The van der Waals surface area contributed by atoms with Gasteiger partial charge in [0.25, 0.3) is 0 Å². The quantitative estimate of drug-likeness (QED) is 0.883. The summed E-state index contributed by atoms with van der Waals surface area (Å²) in [7, 11) is -3.48. The van der Waals surface area contributed by atoms with Crippen LogP contribution in [0.1, 0.15) is 12.5 Å². The molecule has 1 aromatic rings. The molecule has 0 radical (unpaired) electrons. The highest BCUT2D eigenvalue weighted by Crippen LogP contribution is 2.20. The number of hydrogen-bond acceptors (Lipinski definition) is 3. The first-order chi connectivity index (χ1) is 7.36. The Morgan fingerprint density at radius 1 is 1.50 bits per heavy atom. The van der Waals surface area contributed by atoms with E-state index >= 15 is 0 Å². The molecule has 3 N–H and O–H groups in total. The molecule has 90 valence electrons. The summed E-state index contributed by atoms with van der Waals surface area (Å²) in [6, 6.07) is 4.87. The predicted octanol–water partition coefficient (Wildman–Crippen LogP) is 1.38. The van der Waals surface area contributed by atoms with Crippen LogP contribution in [-0.4, -0.2) is 21.0 Å². The first-order valence-corrected chi connectivity index (χ1v) is 7.13. The van der Waals surface area contributed by atoms with Crippen LogP contribution in [0, 0.1) is 6.92 Å². The molecule has 6 heteroatoms. The number of rotatable bonds is 4. The van der Waals surface area contributed by atoms with Crippen molar-refractivity contribution >= 4 is 26.0 Å². The largest absolute Gasteiger partial charge is 0.329 e. The summed E-state index contributed by atoms with van der Waals surface area (Å²) in [6.07, 6.45) is 0. The molecule has 1 aromatic carbocycles. The van der Waals surface area contributed by atoms with Crippen LogP contribution in [0.3, 0.4) is 0 Å².